The van der Waals surface area contributed by atoms with Crippen LogP contribution in [-0.2, 0) is 13.7 Å². The highest BCUT2D eigenvalue weighted by Gasteiger charge is 2.12. The van der Waals surface area contributed by atoms with E-state index in [4.69, 9.17) is 4.74 Å². The molecule has 0 aliphatic heterocycles. The number of pyridine rings is 1. The van der Waals surface area contributed by atoms with Crippen LogP contribution in [0.15, 0.2) is 67.6 Å². The van der Waals surface area contributed by atoms with Gasteiger partial charge >= 0.3 is 0 Å². The first-order valence-electron chi connectivity index (χ1n) is 8.82. The fourth-order valence-corrected chi connectivity index (χ4v) is 3.36. The fraction of sp³-hybridized carbons (Fsp3) is 0.0952. The number of ether oxygens (including phenoxy) is 1. The third-order valence-corrected chi connectivity index (χ3v) is 4.67. The van der Waals surface area contributed by atoms with Crippen LogP contribution in [0, 0.1) is 0 Å². The van der Waals surface area contributed by atoms with E-state index < -0.39 is 0 Å². The van der Waals surface area contributed by atoms with Crippen molar-refractivity contribution in [3.8, 4) is 17.1 Å². The molecule has 7 heteroatoms. The van der Waals surface area contributed by atoms with Gasteiger partial charge < -0.3 is 9.30 Å². The lowest BCUT2D eigenvalue weighted by molar-refractivity contribution is 0.294. The van der Waals surface area contributed by atoms with E-state index >= 15 is 0 Å². The number of hydrogen-bond donors (Lipinski definition) is 0. The van der Waals surface area contributed by atoms with E-state index in [-0.39, 0.29) is 0 Å². The molecule has 0 bridgehead atoms. The molecule has 4 heterocycles. The van der Waals surface area contributed by atoms with Gasteiger partial charge in [-0.3, -0.25) is 0 Å². The van der Waals surface area contributed by atoms with Gasteiger partial charge in [0.15, 0.2) is 0 Å². The maximum atomic E-state index is 5.97. The number of aromatic nitrogens is 6. The number of para-hydroxylation sites is 1. The molecule has 5 rings (SSSR count). The Kier molecular flexibility index (Phi) is 3.90. The highest BCUT2D eigenvalue weighted by molar-refractivity contribution is 6.06. The Morgan fingerprint density at radius 3 is 2.64 bits per heavy atom. The van der Waals surface area contributed by atoms with Crippen molar-refractivity contribution in [3.63, 3.8) is 0 Å². The number of fused-ring (bicyclic) bond motifs is 3. The van der Waals surface area contributed by atoms with Crippen molar-refractivity contribution in [2.24, 2.45) is 7.05 Å². The molecule has 28 heavy (non-hydrogen) atoms. The van der Waals surface area contributed by atoms with Gasteiger partial charge in [-0.15, -0.1) is 0 Å². The number of hydrogen-bond acceptors (Lipinski definition) is 6. The number of nitrogens with zero attached hydrogens (tertiary/aromatic N) is 6. The van der Waals surface area contributed by atoms with Crippen LogP contribution in [0.25, 0.3) is 33.2 Å². The van der Waals surface area contributed by atoms with Crippen LogP contribution in [0.4, 0.5) is 0 Å². The van der Waals surface area contributed by atoms with Gasteiger partial charge in [-0.1, -0.05) is 18.2 Å². The monoisotopic (exact) mass is 368 g/mol. The molecule has 0 atom stereocenters. The lowest BCUT2D eigenvalue weighted by atomic mass is 10.1. The summed E-state index contributed by atoms with van der Waals surface area (Å²) < 4.78 is 8.07. The Morgan fingerprint density at radius 2 is 1.75 bits per heavy atom. The molecule has 0 aliphatic carbocycles. The van der Waals surface area contributed by atoms with E-state index in [1.165, 1.54) is 11.7 Å². The topological polar surface area (TPSA) is 78.6 Å². The fourth-order valence-electron chi connectivity index (χ4n) is 3.36. The smallest absolute Gasteiger partial charge is 0.241 e. The lowest BCUT2D eigenvalue weighted by Crippen LogP contribution is -2.01. The number of benzene rings is 1. The van der Waals surface area contributed by atoms with E-state index in [9.17, 15) is 0 Å². The van der Waals surface area contributed by atoms with Gasteiger partial charge in [0.1, 0.15) is 24.3 Å². The summed E-state index contributed by atoms with van der Waals surface area (Å²) in [7, 11) is 2.03. The molecular weight excluding hydrogens is 352 g/mol. The minimum atomic E-state index is 0.339. The van der Waals surface area contributed by atoms with Crippen molar-refractivity contribution in [2.75, 3.05) is 0 Å². The van der Waals surface area contributed by atoms with Gasteiger partial charge in [0.25, 0.3) is 0 Å². The molecule has 0 saturated heterocycles. The van der Waals surface area contributed by atoms with Crippen LogP contribution < -0.4 is 4.74 Å². The van der Waals surface area contributed by atoms with Crippen molar-refractivity contribution in [1.82, 2.24) is 29.5 Å². The Balaban J connectivity index is 1.48. The average Bonchev–Trinajstić information content (AvgIpc) is 3.05. The molecule has 1 aromatic carbocycles. The van der Waals surface area contributed by atoms with Gasteiger partial charge in [-0.25, -0.2) is 24.9 Å². The second-order valence-electron chi connectivity index (χ2n) is 6.42. The van der Waals surface area contributed by atoms with Crippen molar-refractivity contribution < 1.29 is 4.74 Å². The zero-order valence-corrected chi connectivity index (χ0v) is 15.1. The Bertz CT molecular complexity index is 1280. The highest BCUT2D eigenvalue weighted by Crippen LogP contribution is 2.28. The van der Waals surface area contributed by atoms with E-state index in [0.717, 1.165) is 27.7 Å². The summed E-state index contributed by atoms with van der Waals surface area (Å²) in [6.07, 6.45) is 9.92. The Hall–Kier alpha value is -3.87. The molecule has 0 saturated carbocycles. The summed E-state index contributed by atoms with van der Waals surface area (Å²) in [4.78, 5) is 21.4. The molecule has 136 valence electrons. The predicted octanol–water partition coefficient (Wildman–Crippen LogP) is 3.55. The Morgan fingerprint density at radius 1 is 0.929 bits per heavy atom. The second-order valence-corrected chi connectivity index (χ2v) is 6.42. The van der Waals surface area contributed by atoms with Crippen LogP contribution in [0.3, 0.4) is 0 Å². The van der Waals surface area contributed by atoms with Gasteiger partial charge in [0.05, 0.1) is 5.52 Å². The number of aryl methyl sites for hydroxylation is 1. The van der Waals surface area contributed by atoms with E-state index in [1.807, 2.05) is 25.4 Å². The predicted molar refractivity (Wildman–Crippen MR) is 106 cm³/mol. The first-order chi connectivity index (χ1) is 13.8. The molecule has 0 unspecified atom stereocenters. The van der Waals surface area contributed by atoms with Gasteiger partial charge in [0.2, 0.25) is 5.88 Å². The molecule has 4 aromatic heterocycles. The van der Waals surface area contributed by atoms with Crippen molar-refractivity contribution in [3.05, 3.63) is 73.2 Å². The van der Waals surface area contributed by atoms with E-state index in [0.29, 0.717) is 18.2 Å². The molecule has 0 fully saturated rings. The lowest BCUT2D eigenvalue weighted by Gasteiger charge is -2.09. The van der Waals surface area contributed by atoms with Gasteiger partial charge in [-0.2, -0.15) is 0 Å². The van der Waals surface area contributed by atoms with Crippen molar-refractivity contribution in [1.29, 1.82) is 0 Å². The molecular formula is C21H16N6O. The molecule has 0 aliphatic rings. The Labute approximate surface area is 160 Å². The molecule has 0 radical (unpaired) electrons. The maximum Gasteiger partial charge on any atom is 0.241 e. The standard InChI is InChI=1S/C21H16N6O/c1-27-18-5-3-2-4-16(18)17-8-14(9-26-20(17)27)12-28-21-19(24-6-7-25-21)15-10-22-13-23-11-15/h2-11,13H,12H2,1H3. The van der Waals surface area contributed by atoms with Gasteiger partial charge in [0, 0.05) is 59.9 Å². The van der Waals surface area contributed by atoms with Crippen LogP contribution in [-0.4, -0.2) is 29.5 Å². The highest BCUT2D eigenvalue weighted by atomic mass is 16.5. The summed E-state index contributed by atoms with van der Waals surface area (Å²) in [6, 6.07) is 10.4. The molecule has 0 amide bonds. The second kappa shape index (κ2) is 6.70. The summed E-state index contributed by atoms with van der Waals surface area (Å²) in [5, 5.41) is 2.28. The van der Waals surface area contributed by atoms with Crippen molar-refractivity contribution >= 4 is 21.9 Å². The minimum Gasteiger partial charge on any atom is -0.471 e. The van der Waals surface area contributed by atoms with E-state index in [2.05, 4.69) is 47.7 Å². The summed E-state index contributed by atoms with van der Waals surface area (Å²) in [5.74, 6) is 0.440. The zero-order valence-electron chi connectivity index (χ0n) is 15.1. The zero-order chi connectivity index (χ0) is 18.9. The van der Waals surface area contributed by atoms with Crippen LogP contribution in [0.5, 0.6) is 5.88 Å². The van der Waals surface area contributed by atoms with Crippen LogP contribution in [0.2, 0.25) is 0 Å². The van der Waals surface area contributed by atoms with E-state index in [1.54, 1.807) is 24.8 Å². The summed E-state index contributed by atoms with van der Waals surface area (Å²) in [5.41, 5.74) is 4.44. The number of rotatable bonds is 4. The quantitative estimate of drug-likeness (QED) is 0.483. The third kappa shape index (κ3) is 2.73. The van der Waals surface area contributed by atoms with Crippen molar-refractivity contribution in [2.45, 2.75) is 6.61 Å². The average molecular weight is 368 g/mol. The molecule has 5 aromatic rings. The molecule has 0 spiro atoms. The van der Waals surface area contributed by atoms with Crippen LogP contribution in [0.1, 0.15) is 5.56 Å². The summed E-state index contributed by atoms with van der Waals surface area (Å²) in [6.45, 7) is 0.339. The van der Waals surface area contributed by atoms with Crippen LogP contribution >= 0.6 is 0 Å². The summed E-state index contributed by atoms with van der Waals surface area (Å²) >= 11 is 0. The minimum absolute atomic E-state index is 0.339. The largest absolute Gasteiger partial charge is 0.471 e. The molecule has 0 N–H and O–H groups in total. The normalized spacial score (nSPS) is 11.2. The molecule has 7 nitrogen and oxygen atoms in total. The third-order valence-electron chi connectivity index (χ3n) is 4.67. The van der Waals surface area contributed by atoms with Gasteiger partial charge in [-0.05, 0) is 12.1 Å². The first kappa shape index (κ1) is 16.3. The first-order valence-corrected chi connectivity index (χ1v) is 8.82. The SMILES string of the molecule is Cn1c2ccccc2c2cc(COc3nccnc3-c3cncnc3)cnc21. The maximum absolute atomic E-state index is 5.97.